The number of hydrogen-bond acceptors (Lipinski definition) is 8. The molecule has 1 aliphatic rings. The Morgan fingerprint density at radius 1 is 0.867 bits per heavy atom. The van der Waals surface area contributed by atoms with Crippen molar-refractivity contribution in [1.29, 1.82) is 0 Å². The second-order valence-electron chi connectivity index (χ2n) is 17.7. The van der Waals surface area contributed by atoms with Crippen LogP contribution >= 0.6 is 0 Å². The lowest BCUT2D eigenvalue weighted by Gasteiger charge is -2.46. The fourth-order valence-corrected chi connectivity index (χ4v) is 12.4. The van der Waals surface area contributed by atoms with Gasteiger partial charge in [0.05, 0.1) is 28.8 Å². The number of aromatic nitrogens is 1. The van der Waals surface area contributed by atoms with Gasteiger partial charge in [-0.05, 0) is 79.6 Å². The van der Waals surface area contributed by atoms with E-state index in [-0.39, 0.29) is 12.5 Å². The molecule has 4 aromatic rings. The highest BCUT2D eigenvalue weighted by Gasteiger charge is 2.52. The zero-order valence-electron chi connectivity index (χ0n) is 36.2. The number of rotatable bonds is 15. The number of aliphatic hydroxyl groups excluding tert-OH is 1. The van der Waals surface area contributed by atoms with Gasteiger partial charge in [0, 0.05) is 11.9 Å². The van der Waals surface area contributed by atoms with Crippen molar-refractivity contribution in [3.05, 3.63) is 108 Å². The molecule has 1 saturated heterocycles. The molecule has 0 radical (unpaired) electrons. The molecule has 60 heavy (non-hydrogen) atoms. The SMILES string of the molecule is CC(O)c1ccc2ccc(C=CC(C)(C)C(=O)NC(C(=O)NC(C(=O)N3CCCC(C(=O)O)N3)C(C)O[Si](c3ccccc3)(c3ccccc3)C(C)(C)C)C(C)C)cc2n1. The minimum Gasteiger partial charge on any atom is -0.480 e. The van der Waals surface area contributed by atoms with Gasteiger partial charge < -0.3 is 25.3 Å². The van der Waals surface area contributed by atoms with Crippen molar-refractivity contribution in [3.63, 3.8) is 0 Å². The molecule has 12 nitrogen and oxygen atoms in total. The quantitative estimate of drug-likeness (QED) is 0.0972. The van der Waals surface area contributed by atoms with E-state index in [1.807, 2.05) is 105 Å². The summed E-state index contributed by atoms with van der Waals surface area (Å²) in [5, 5.41) is 29.5. The Hall–Kier alpha value is -5.21. The average Bonchev–Trinajstić information content (AvgIpc) is 3.22. The first-order valence-electron chi connectivity index (χ1n) is 20.7. The number of fused-ring (bicyclic) bond motifs is 1. The standard InChI is InChI=1S/C47H61N5O7Si/c1-30(2)40(50-45(58)47(8,9)27-26-33-22-23-34-24-25-37(31(3)53)48-39(34)29-33)42(54)49-41(43(55)52-28-16-21-38(51-52)44(56)57)32(4)59-60(46(5,6)7,35-17-12-10-13-18-35)36-19-14-11-15-20-36/h10-15,17-20,22-27,29-32,38,40-41,51,53H,16,21,28H2,1-9H3,(H,49,54)(H,50,58)(H,56,57). The van der Waals surface area contributed by atoms with Crippen LogP contribution in [-0.4, -0.2) is 83.0 Å². The van der Waals surface area contributed by atoms with Gasteiger partial charge in [-0.2, -0.15) is 0 Å². The zero-order chi connectivity index (χ0) is 44.0. The highest BCUT2D eigenvalue weighted by atomic mass is 28.4. The third-order valence-electron chi connectivity index (χ3n) is 11.2. The number of amides is 3. The third-order valence-corrected chi connectivity index (χ3v) is 16.4. The molecular formula is C47H61N5O7Si. The maximum absolute atomic E-state index is 14.7. The predicted molar refractivity (Wildman–Crippen MR) is 238 cm³/mol. The average molecular weight is 836 g/mol. The second kappa shape index (κ2) is 19.0. The Labute approximate surface area is 354 Å². The molecule has 3 aromatic carbocycles. The Kier molecular flexibility index (Phi) is 14.5. The first-order valence-corrected chi connectivity index (χ1v) is 22.6. The monoisotopic (exact) mass is 835 g/mol. The summed E-state index contributed by atoms with van der Waals surface area (Å²) in [5.74, 6) is -2.97. The molecule has 5 N–H and O–H groups in total. The van der Waals surface area contributed by atoms with Crippen molar-refractivity contribution in [1.82, 2.24) is 26.1 Å². The lowest BCUT2D eigenvalue weighted by molar-refractivity contribution is -0.150. The van der Waals surface area contributed by atoms with Crippen molar-refractivity contribution in [3.8, 4) is 0 Å². The van der Waals surface area contributed by atoms with Crippen LogP contribution in [-0.2, 0) is 23.6 Å². The van der Waals surface area contributed by atoms with E-state index < -0.39 is 72.8 Å². The van der Waals surface area contributed by atoms with Gasteiger partial charge in [-0.1, -0.05) is 126 Å². The molecule has 3 amide bonds. The summed E-state index contributed by atoms with van der Waals surface area (Å²) in [6.45, 7) is 17.2. The van der Waals surface area contributed by atoms with E-state index in [4.69, 9.17) is 4.43 Å². The Balaban J connectivity index is 1.45. The summed E-state index contributed by atoms with van der Waals surface area (Å²) in [6.07, 6.45) is 2.78. The van der Waals surface area contributed by atoms with Gasteiger partial charge in [-0.3, -0.25) is 29.2 Å². The summed E-state index contributed by atoms with van der Waals surface area (Å²) < 4.78 is 7.34. The van der Waals surface area contributed by atoms with Crippen LogP contribution < -0.4 is 26.4 Å². The van der Waals surface area contributed by atoms with Gasteiger partial charge in [-0.25, -0.2) is 5.43 Å². The van der Waals surface area contributed by atoms with E-state index >= 15 is 0 Å². The lowest BCUT2D eigenvalue weighted by atomic mass is 9.89. The number of carboxylic acid groups (broad SMARTS) is 1. The molecule has 1 aromatic heterocycles. The van der Waals surface area contributed by atoms with Crippen LogP contribution in [0.2, 0.25) is 5.04 Å². The topological polar surface area (TPSA) is 170 Å². The normalized spacial score (nSPS) is 17.2. The van der Waals surface area contributed by atoms with Crippen LogP contribution in [0.3, 0.4) is 0 Å². The summed E-state index contributed by atoms with van der Waals surface area (Å²) >= 11 is 0. The summed E-state index contributed by atoms with van der Waals surface area (Å²) in [5.41, 5.74) is 3.89. The van der Waals surface area contributed by atoms with Gasteiger partial charge in [0.2, 0.25) is 11.8 Å². The molecular weight excluding hydrogens is 775 g/mol. The van der Waals surface area contributed by atoms with Crippen LogP contribution in [0, 0.1) is 11.3 Å². The van der Waals surface area contributed by atoms with Crippen LogP contribution in [0.1, 0.15) is 92.5 Å². The van der Waals surface area contributed by atoms with Gasteiger partial charge in [0.25, 0.3) is 14.2 Å². The number of hydrazine groups is 1. The van der Waals surface area contributed by atoms with Crippen LogP contribution in [0.15, 0.2) is 97.1 Å². The summed E-state index contributed by atoms with van der Waals surface area (Å²) in [6, 6.07) is 26.1. The van der Waals surface area contributed by atoms with Crippen molar-refractivity contribution >= 4 is 59.4 Å². The van der Waals surface area contributed by atoms with E-state index in [0.717, 1.165) is 21.3 Å². The van der Waals surface area contributed by atoms with Crippen molar-refractivity contribution in [2.45, 2.75) is 111 Å². The highest BCUT2D eigenvalue weighted by Crippen LogP contribution is 2.38. The second-order valence-corrected chi connectivity index (χ2v) is 22.0. The number of aliphatic hydroxyl groups is 1. The predicted octanol–water partition coefficient (Wildman–Crippen LogP) is 5.50. The molecule has 5 atom stereocenters. The van der Waals surface area contributed by atoms with Gasteiger partial charge in [-0.15, -0.1) is 0 Å². The third kappa shape index (κ3) is 10.4. The number of carbonyl (C=O) groups is 4. The minimum absolute atomic E-state index is 0.237. The summed E-state index contributed by atoms with van der Waals surface area (Å²) in [4.78, 5) is 59.8. The maximum atomic E-state index is 14.7. The first kappa shape index (κ1) is 45.9. The fraction of sp³-hybridized carbons (Fsp3) is 0.426. The molecule has 5 rings (SSSR count). The molecule has 1 aliphatic heterocycles. The number of nitrogens with zero attached hydrogens (tertiary/aromatic N) is 2. The van der Waals surface area contributed by atoms with E-state index in [9.17, 15) is 29.4 Å². The molecule has 2 heterocycles. The largest absolute Gasteiger partial charge is 0.480 e. The molecule has 5 unspecified atom stereocenters. The number of aliphatic carboxylic acids is 1. The molecule has 0 spiro atoms. The first-order chi connectivity index (χ1) is 28.2. The molecule has 320 valence electrons. The van der Waals surface area contributed by atoms with E-state index in [0.29, 0.717) is 24.1 Å². The minimum atomic E-state index is -3.24. The van der Waals surface area contributed by atoms with E-state index in [2.05, 4.69) is 41.8 Å². The summed E-state index contributed by atoms with van der Waals surface area (Å²) in [7, 11) is -3.24. The number of nitrogens with one attached hydrogen (secondary N) is 3. The molecule has 0 saturated carbocycles. The maximum Gasteiger partial charge on any atom is 0.322 e. The van der Waals surface area contributed by atoms with Gasteiger partial charge >= 0.3 is 5.97 Å². The van der Waals surface area contributed by atoms with Gasteiger partial charge in [0.1, 0.15) is 18.1 Å². The van der Waals surface area contributed by atoms with Crippen molar-refractivity contribution in [2.24, 2.45) is 11.3 Å². The number of carboxylic acids is 1. The Bertz CT molecular complexity index is 2130. The zero-order valence-corrected chi connectivity index (χ0v) is 37.2. The van der Waals surface area contributed by atoms with Crippen LogP contribution in [0.4, 0.5) is 0 Å². The van der Waals surface area contributed by atoms with Crippen LogP contribution in [0.25, 0.3) is 17.0 Å². The number of pyridine rings is 1. The number of hydrogen-bond donors (Lipinski definition) is 5. The smallest absolute Gasteiger partial charge is 0.322 e. The molecule has 0 bridgehead atoms. The fourth-order valence-electron chi connectivity index (χ4n) is 7.68. The number of benzene rings is 3. The van der Waals surface area contributed by atoms with Gasteiger partial charge in [0.15, 0.2) is 0 Å². The Morgan fingerprint density at radius 2 is 1.47 bits per heavy atom. The van der Waals surface area contributed by atoms with E-state index in [1.54, 1.807) is 39.8 Å². The molecule has 0 aliphatic carbocycles. The number of carbonyl (C=O) groups excluding carboxylic acids is 3. The van der Waals surface area contributed by atoms with Crippen molar-refractivity contribution < 1.29 is 33.8 Å². The Morgan fingerprint density at radius 3 is 2.02 bits per heavy atom. The van der Waals surface area contributed by atoms with E-state index in [1.165, 1.54) is 5.01 Å². The molecule has 1 fully saturated rings. The van der Waals surface area contributed by atoms with Crippen LogP contribution in [0.5, 0.6) is 0 Å². The molecule has 13 heteroatoms. The highest BCUT2D eigenvalue weighted by molar-refractivity contribution is 6.99. The lowest BCUT2D eigenvalue weighted by Crippen LogP contribution is -2.70. The van der Waals surface area contributed by atoms with Crippen molar-refractivity contribution in [2.75, 3.05) is 6.54 Å².